The van der Waals surface area contributed by atoms with E-state index in [9.17, 15) is 9.59 Å². The fraction of sp³-hybridized carbons (Fsp3) is 0.412. The first-order valence-electron chi connectivity index (χ1n) is 7.63. The van der Waals surface area contributed by atoms with E-state index in [4.69, 9.17) is 16.7 Å². The molecule has 1 aliphatic carbocycles. The third-order valence-corrected chi connectivity index (χ3v) is 5.40. The summed E-state index contributed by atoms with van der Waals surface area (Å²) in [7, 11) is 0. The van der Waals surface area contributed by atoms with E-state index in [1.54, 1.807) is 23.2 Å². The van der Waals surface area contributed by atoms with Crippen LogP contribution in [-0.2, 0) is 16.0 Å². The van der Waals surface area contributed by atoms with Crippen molar-refractivity contribution in [2.45, 2.75) is 32.2 Å². The summed E-state index contributed by atoms with van der Waals surface area (Å²) in [4.78, 5) is 25.5. The van der Waals surface area contributed by atoms with Gasteiger partial charge in [-0.05, 0) is 47.4 Å². The Labute approximate surface area is 143 Å². The van der Waals surface area contributed by atoms with Crippen LogP contribution in [-0.4, -0.2) is 34.5 Å². The second-order valence-electron chi connectivity index (χ2n) is 6.09. The van der Waals surface area contributed by atoms with Crippen LogP contribution in [0.2, 0.25) is 5.02 Å². The molecular weight excluding hydrogens is 334 g/mol. The summed E-state index contributed by atoms with van der Waals surface area (Å²) in [5.41, 5.74) is 0.964. The highest BCUT2D eigenvalue weighted by molar-refractivity contribution is 7.17. The van der Waals surface area contributed by atoms with Crippen LogP contribution < -0.4 is 0 Å². The van der Waals surface area contributed by atoms with Gasteiger partial charge in [-0.25, -0.2) is 0 Å². The van der Waals surface area contributed by atoms with E-state index in [0.717, 1.165) is 28.5 Å². The van der Waals surface area contributed by atoms with Crippen LogP contribution in [0.15, 0.2) is 23.6 Å². The average molecular weight is 352 g/mol. The normalized spacial score (nSPS) is 15.6. The van der Waals surface area contributed by atoms with Crippen molar-refractivity contribution in [3.63, 3.8) is 0 Å². The molecule has 3 rings (SSSR count). The van der Waals surface area contributed by atoms with Crippen LogP contribution in [0.1, 0.15) is 25.3 Å². The van der Waals surface area contributed by atoms with E-state index in [2.05, 4.69) is 0 Å². The van der Waals surface area contributed by atoms with Crippen molar-refractivity contribution in [1.29, 1.82) is 0 Å². The number of rotatable bonds is 6. The van der Waals surface area contributed by atoms with Gasteiger partial charge >= 0.3 is 5.97 Å². The van der Waals surface area contributed by atoms with Crippen molar-refractivity contribution < 1.29 is 14.7 Å². The molecule has 0 saturated heterocycles. The van der Waals surface area contributed by atoms with Crippen LogP contribution in [0.4, 0.5) is 0 Å². The maximum Gasteiger partial charge on any atom is 0.308 e. The molecule has 1 atom stereocenters. The van der Waals surface area contributed by atoms with Gasteiger partial charge in [-0.2, -0.15) is 0 Å². The van der Waals surface area contributed by atoms with Crippen molar-refractivity contribution in [2.75, 3.05) is 6.54 Å². The molecule has 1 saturated carbocycles. The number of carboxylic acid groups (broad SMARTS) is 1. The monoisotopic (exact) mass is 351 g/mol. The number of halogens is 1. The summed E-state index contributed by atoms with van der Waals surface area (Å²) in [6, 6.07) is 5.90. The minimum absolute atomic E-state index is 0.000255. The molecule has 122 valence electrons. The molecule has 23 heavy (non-hydrogen) atoms. The molecule has 0 spiro atoms. The zero-order chi connectivity index (χ0) is 16.6. The number of aliphatic carboxylic acids is 1. The molecule has 0 bridgehead atoms. The lowest BCUT2D eigenvalue weighted by atomic mass is 10.1. The maximum absolute atomic E-state index is 12.7. The predicted molar refractivity (Wildman–Crippen MR) is 92.1 cm³/mol. The minimum atomic E-state index is -0.865. The molecular formula is C17H18ClNO3S. The summed E-state index contributed by atoms with van der Waals surface area (Å²) in [5.74, 6) is -1.41. The van der Waals surface area contributed by atoms with Gasteiger partial charge in [0.25, 0.3) is 0 Å². The molecule has 0 radical (unpaired) electrons. The first-order valence-corrected chi connectivity index (χ1v) is 8.89. The second-order valence-corrected chi connectivity index (χ2v) is 7.44. The minimum Gasteiger partial charge on any atom is -0.481 e. The number of hydrogen-bond acceptors (Lipinski definition) is 3. The summed E-state index contributed by atoms with van der Waals surface area (Å²) in [6.45, 7) is 1.92. The lowest BCUT2D eigenvalue weighted by Crippen LogP contribution is -2.39. The van der Waals surface area contributed by atoms with Gasteiger partial charge < -0.3 is 10.0 Å². The highest BCUT2D eigenvalue weighted by Gasteiger charge is 2.34. The molecule has 1 aliphatic rings. The van der Waals surface area contributed by atoms with E-state index in [1.165, 1.54) is 0 Å². The Balaban J connectivity index is 1.78. The Bertz CT molecular complexity index is 753. The van der Waals surface area contributed by atoms with E-state index < -0.39 is 11.9 Å². The lowest BCUT2D eigenvalue weighted by Gasteiger charge is -2.24. The number of amides is 1. The highest BCUT2D eigenvalue weighted by Crippen LogP contribution is 2.31. The summed E-state index contributed by atoms with van der Waals surface area (Å²) < 4.78 is 1.11. The summed E-state index contributed by atoms with van der Waals surface area (Å²) in [5, 5.41) is 12.8. The van der Waals surface area contributed by atoms with E-state index in [-0.39, 0.29) is 18.5 Å². The van der Waals surface area contributed by atoms with Crippen LogP contribution in [0.5, 0.6) is 0 Å². The smallest absolute Gasteiger partial charge is 0.308 e. The summed E-state index contributed by atoms with van der Waals surface area (Å²) >= 11 is 7.65. The molecule has 1 N–H and O–H groups in total. The standard InChI is InChI=1S/C17H18ClNO3S/c1-10(17(21)22)8-19(13-3-4-13)16(20)6-11-9-23-15-5-2-12(18)7-14(11)15/h2,5,7,9-10,13H,3-4,6,8H2,1H3,(H,21,22). The molecule has 1 unspecified atom stereocenters. The van der Waals surface area contributed by atoms with Gasteiger partial charge in [-0.3, -0.25) is 9.59 Å². The molecule has 4 nitrogen and oxygen atoms in total. The molecule has 1 aromatic heterocycles. The van der Waals surface area contributed by atoms with Gasteiger partial charge in [-0.1, -0.05) is 18.5 Å². The molecule has 1 heterocycles. The fourth-order valence-corrected chi connectivity index (χ4v) is 3.78. The molecule has 6 heteroatoms. The molecule has 1 aromatic carbocycles. The topological polar surface area (TPSA) is 57.6 Å². The molecule has 1 fully saturated rings. The zero-order valence-corrected chi connectivity index (χ0v) is 14.4. The first kappa shape index (κ1) is 16.3. The first-order chi connectivity index (χ1) is 11.0. The Morgan fingerprint density at radius 1 is 1.43 bits per heavy atom. The third kappa shape index (κ3) is 3.67. The highest BCUT2D eigenvalue weighted by atomic mass is 35.5. The number of carboxylic acids is 1. The Hall–Kier alpha value is -1.59. The maximum atomic E-state index is 12.7. The molecule has 2 aromatic rings. The van der Waals surface area contributed by atoms with Gasteiger partial charge in [-0.15, -0.1) is 11.3 Å². The number of hydrogen-bond donors (Lipinski definition) is 1. The average Bonchev–Trinajstić information content (AvgIpc) is 3.27. The van der Waals surface area contributed by atoms with Gasteiger partial charge in [0.15, 0.2) is 0 Å². The van der Waals surface area contributed by atoms with Gasteiger partial charge in [0, 0.05) is 22.3 Å². The Morgan fingerprint density at radius 2 is 2.17 bits per heavy atom. The van der Waals surface area contributed by atoms with Crippen molar-refractivity contribution >= 4 is 44.9 Å². The van der Waals surface area contributed by atoms with Gasteiger partial charge in [0.05, 0.1) is 12.3 Å². The molecule has 1 amide bonds. The zero-order valence-electron chi connectivity index (χ0n) is 12.8. The van der Waals surface area contributed by atoms with Crippen LogP contribution in [0, 0.1) is 5.92 Å². The lowest BCUT2D eigenvalue weighted by molar-refractivity contribution is -0.143. The van der Waals surface area contributed by atoms with E-state index in [1.807, 2.05) is 23.6 Å². The van der Waals surface area contributed by atoms with E-state index >= 15 is 0 Å². The van der Waals surface area contributed by atoms with Crippen molar-refractivity contribution in [1.82, 2.24) is 4.90 Å². The predicted octanol–water partition coefficient (Wildman–Crippen LogP) is 3.81. The Morgan fingerprint density at radius 3 is 2.83 bits per heavy atom. The SMILES string of the molecule is CC(CN(C(=O)Cc1csc2ccc(Cl)cc12)C1CC1)C(=O)O. The summed E-state index contributed by atoms with van der Waals surface area (Å²) in [6.07, 6.45) is 2.23. The van der Waals surface area contributed by atoms with Crippen molar-refractivity contribution in [3.8, 4) is 0 Å². The number of nitrogens with zero attached hydrogens (tertiary/aromatic N) is 1. The number of carbonyl (C=O) groups is 2. The van der Waals surface area contributed by atoms with Crippen molar-refractivity contribution in [3.05, 3.63) is 34.2 Å². The van der Waals surface area contributed by atoms with Crippen molar-refractivity contribution in [2.24, 2.45) is 5.92 Å². The van der Waals surface area contributed by atoms with Crippen LogP contribution in [0.25, 0.3) is 10.1 Å². The quantitative estimate of drug-likeness (QED) is 0.861. The third-order valence-electron chi connectivity index (χ3n) is 4.16. The largest absolute Gasteiger partial charge is 0.481 e. The number of carbonyl (C=O) groups excluding carboxylic acids is 1. The van der Waals surface area contributed by atoms with Crippen LogP contribution >= 0.6 is 22.9 Å². The van der Waals surface area contributed by atoms with Crippen LogP contribution in [0.3, 0.4) is 0 Å². The van der Waals surface area contributed by atoms with Gasteiger partial charge in [0.2, 0.25) is 5.91 Å². The Kier molecular flexibility index (Phi) is 4.60. The fourth-order valence-electron chi connectivity index (χ4n) is 2.67. The molecule has 0 aliphatic heterocycles. The number of fused-ring (bicyclic) bond motifs is 1. The van der Waals surface area contributed by atoms with E-state index in [0.29, 0.717) is 11.4 Å². The number of thiophene rings is 1. The number of benzene rings is 1. The second kappa shape index (κ2) is 6.49. The van der Waals surface area contributed by atoms with Gasteiger partial charge in [0.1, 0.15) is 0 Å².